The second-order valence-electron chi connectivity index (χ2n) is 5.08. The van der Waals surface area contributed by atoms with E-state index in [2.05, 4.69) is 31.5 Å². The number of hydrogen-bond acceptors (Lipinski definition) is 3. The highest BCUT2D eigenvalue weighted by atomic mass is 79.9. The number of hydrogen-bond donors (Lipinski definition) is 2. The molecule has 2 amide bonds. The van der Waals surface area contributed by atoms with Crippen LogP contribution < -0.4 is 15.4 Å². The molecule has 1 heterocycles. The molecule has 0 fully saturated rings. The van der Waals surface area contributed by atoms with Crippen LogP contribution in [0, 0.1) is 0 Å². The summed E-state index contributed by atoms with van der Waals surface area (Å²) in [6.07, 6.45) is 1.51. The molecule has 25 heavy (non-hydrogen) atoms. The van der Waals surface area contributed by atoms with Crippen molar-refractivity contribution in [3.8, 4) is 5.75 Å². The van der Waals surface area contributed by atoms with Crippen molar-refractivity contribution in [1.82, 2.24) is 4.98 Å². The summed E-state index contributed by atoms with van der Waals surface area (Å²) in [5, 5.41) is 6.92. The van der Waals surface area contributed by atoms with Gasteiger partial charge < -0.3 is 15.4 Å². The lowest BCUT2D eigenvalue weighted by Gasteiger charge is -2.11. The molecule has 2 aromatic carbocycles. The first kappa shape index (κ1) is 17.8. The van der Waals surface area contributed by atoms with Gasteiger partial charge in [0.15, 0.2) is 0 Å². The van der Waals surface area contributed by atoms with E-state index in [0.717, 1.165) is 15.4 Å². The van der Waals surface area contributed by atoms with Gasteiger partial charge in [-0.05, 0) is 36.4 Å². The minimum atomic E-state index is -0.459. The monoisotopic (exact) mass is 439 g/mol. The predicted octanol–water partition coefficient (Wildman–Crippen LogP) is 5.96. The van der Waals surface area contributed by atoms with Gasteiger partial charge in [0.05, 0.1) is 34.6 Å². The Bertz CT molecular complexity index is 966. The van der Waals surface area contributed by atoms with E-state index in [1.165, 1.54) is 13.3 Å². The molecule has 2 N–H and O–H groups in total. The molecule has 0 bridgehead atoms. The molecule has 0 unspecified atom stereocenters. The number of ether oxygens (including phenoxy) is 1. The van der Waals surface area contributed by atoms with Crippen LogP contribution in [0.1, 0.15) is 0 Å². The number of benzene rings is 2. The number of methoxy groups -OCH3 is 1. The van der Waals surface area contributed by atoms with Gasteiger partial charge in [0.1, 0.15) is 5.75 Å². The van der Waals surface area contributed by atoms with E-state index in [1.54, 1.807) is 18.2 Å². The number of carbonyl (C=O) groups excluding carboxylic acids is 1. The molecule has 0 atom stereocenters. The fourth-order valence-electron chi connectivity index (χ4n) is 2.25. The van der Waals surface area contributed by atoms with Gasteiger partial charge in [-0.1, -0.05) is 39.1 Å². The zero-order valence-corrected chi connectivity index (χ0v) is 16.0. The SMILES string of the molecule is COc1ccc(NC(=O)Nc2cnc3ccc(Br)cc3c2Cl)cc1Cl. The Kier molecular flexibility index (Phi) is 5.32. The van der Waals surface area contributed by atoms with Crippen LogP contribution in [0.2, 0.25) is 10.0 Å². The van der Waals surface area contributed by atoms with Gasteiger partial charge in [-0.25, -0.2) is 4.79 Å². The molecule has 0 aliphatic heterocycles. The Morgan fingerprint density at radius 3 is 2.68 bits per heavy atom. The highest BCUT2D eigenvalue weighted by molar-refractivity contribution is 9.10. The molecular formula is C17H12BrCl2N3O2. The van der Waals surface area contributed by atoms with E-state index >= 15 is 0 Å². The lowest BCUT2D eigenvalue weighted by atomic mass is 10.2. The fourth-order valence-corrected chi connectivity index (χ4v) is 3.11. The molecule has 0 spiro atoms. The fraction of sp³-hybridized carbons (Fsp3) is 0.0588. The van der Waals surface area contributed by atoms with Crippen molar-refractivity contribution in [1.29, 1.82) is 0 Å². The summed E-state index contributed by atoms with van der Waals surface area (Å²) in [5.74, 6) is 0.528. The van der Waals surface area contributed by atoms with Crippen molar-refractivity contribution < 1.29 is 9.53 Å². The predicted molar refractivity (Wildman–Crippen MR) is 105 cm³/mol. The number of nitrogens with one attached hydrogen (secondary N) is 2. The van der Waals surface area contributed by atoms with Gasteiger partial charge >= 0.3 is 6.03 Å². The summed E-state index contributed by atoms with van der Waals surface area (Å²) >= 11 is 15.8. The number of carbonyl (C=O) groups is 1. The molecule has 0 aliphatic carbocycles. The number of nitrogens with zero attached hydrogens (tertiary/aromatic N) is 1. The second kappa shape index (κ2) is 7.47. The summed E-state index contributed by atoms with van der Waals surface area (Å²) in [7, 11) is 1.52. The number of aromatic nitrogens is 1. The van der Waals surface area contributed by atoms with E-state index in [-0.39, 0.29) is 0 Å². The Labute approximate surface area is 162 Å². The maximum atomic E-state index is 12.2. The lowest BCUT2D eigenvalue weighted by Crippen LogP contribution is -2.19. The molecule has 8 heteroatoms. The smallest absolute Gasteiger partial charge is 0.323 e. The first-order valence-corrected chi connectivity index (χ1v) is 8.68. The Morgan fingerprint density at radius 2 is 1.96 bits per heavy atom. The number of pyridine rings is 1. The lowest BCUT2D eigenvalue weighted by molar-refractivity contribution is 0.262. The van der Waals surface area contributed by atoms with E-state index in [4.69, 9.17) is 27.9 Å². The largest absolute Gasteiger partial charge is 0.495 e. The molecule has 5 nitrogen and oxygen atoms in total. The van der Waals surface area contributed by atoms with E-state index < -0.39 is 6.03 Å². The van der Waals surface area contributed by atoms with Crippen molar-refractivity contribution in [3.63, 3.8) is 0 Å². The van der Waals surface area contributed by atoms with Crippen molar-refractivity contribution >= 4 is 67.4 Å². The van der Waals surface area contributed by atoms with E-state index in [9.17, 15) is 4.79 Å². The summed E-state index contributed by atoms with van der Waals surface area (Å²) in [5.41, 5.74) is 1.67. The molecule has 0 radical (unpaired) electrons. The van der Waals surface area contributed by atoms with Gasteiger partial charge in [0, 0.05) is 15.5 Å². The number of halogens is 3. The first-order chi connectivity index (χ1) is 12.0. The van der Waals surface area contributed by atoms with Crippen molar-refractivity contribution in [2.45, 2.75) is 0 Å². The summed E-state index contributed by atoms with van der Waals surface area (Å²) in [6.45, 7) is 0. The Morgan fingerprint density at radius 1 is 1.16 bits per heavy atom. The van der Waals surface area contributed by atoms with Crippen LogP contribution in [0.5, 0.6) is 5.75 Å². The Hall–Kier alpha value is -2.02. The third-order valence-electron chi connectivity index (χ3n) is 3.42. The van der Waals surface area contributed by atoms with Crippen molar-refractivity contribution in [2.24, 2.45) is 0 Å². The third kappa shape index (κ3) is 3.98. The maximum absolute atomic E-state index is 12.2. The van der Waals surface area contributed by atoms with Gasteiger partial charge in [0.25, 0.3) is 0 Å². The van der Waals surface area contributed by atoms with Crippen LogP contribution in [-0.2, 0) is 0 Å². The standard InChI is InChI=1S/C17H12BrCl2N3O2/c1-25-15-5-3-10(7-12(15)19)22-17(24)23-14-8-21-13-4-2-9(18)6-11(13)16(14)20/h2-8H,1H3,(H2,22,23,24). The normalized spacial score (nSPS) is 10.6. The molecule has 128 valence electrons. The molecule has 3 rings (SSSR count). The number of rotatable bonds is 3. The van der Waals surface area contributed by atoms with Gasteiger partial charge in [-0.15, -0.1) is 0 Å². The van der Waals surface area contributed by atoms with E-state index in [0.29, 0.717) is 27.2 Å². The minimum absolute atomic E-state index is 0.399. The number of anilines is 2. The maximum Gasteiger partial charge on any atom is 0.323 e. The minimum Gasteiger partial charge on any atom is -0.495 e. The van der Waals surface area contributed by atoms with Crippen molar-refractivity contribution in [3.05, 3.63) is 57.1 Å². The van der Waals surface area contributed by atoms with Crippen LogP contribution in [0.15, 0.2) is 47.1 Å². The van der Waals surface area contributed by atoms with Gasteiger partial charge in [-0.2, -0.15) is 0 Å². The molecule has 0 saturated heterocycles. The molecule has 3 aromatic rings. The number of fused-ring (bicyclic) bond motifs is 1. The van der Waals surface area contributed by atoms with Gasteiger partial charge in [-0.3, -0.25) is 4.98 Å². The highest BCUT2D eigenvalue weighted by Crippen LogP contribution is 2.31. The molecule has 0 aliphatic rings. The Balaban J connectivity index is 1.80. The van der Waals surface area contributed by atoms with Gasteiger partial charge in [0.2, 0.25) is 0 Å². The molecular weight excluding hydrogens is 429 g/mol. The van der Waals surface area contributed by atoms with Crippen LogP contribution in [0.25, 0.3) is 10.9 Å². The van der Waals surface area contributed by atoms with Crippen molar-refractivity contribution in [2.75, 3.05) is 17.7 Å². The summed E-state index contributed by atoms with van der Waals surface area (Å²) in [6, 6.07) is 10.0. The quantitative estimate of drug-likeness (QED) is 0.528. The van der Waals surface area contributed by atoms with Crippen LogP contribution in [-0.4, -0.2) is 18.1 Å². The highest BCUT2D eigenvalue weighted by Gasteiger charge is 2.11. The first-order valence-electron chi connectivity index (χ1n) is 7.13. The molecule has 0 saturated carbocycles. The zero-order valence-electron chi connectivity index (χ0n) is 12.9. The van der Waals surface area contributed by atoms with Crippen LogP contribution >= 0.6 is 39.1 Å². The average Bonchev–Trinajstić information content (AvgIpc) is 2.58. The average molecular weight is 441 g/mol. The third-order valence-corrected chi connectivity index (χ3v) is 4.62. The van der Waals surface area contributed by atoms with Crippen LogP contribution in [0.3, 0.4) is 0 Å². The zero-order chi connectivity index (χ0) is 18.0. The second-order valence-corrected chi connectivity index (χ2v) is 6.78. The number of amides is 2. The van der Waals surface area contributed by atoms with E-state index in [1.807, 2.05) is 18.2 Å². The topological polar surface area (TPSA) is 63.2 Å². The van der Waals surface area contributed by atoms with Crippen LogP contribution in [0.4, 0.5) is 16.2 Å². The molecule has 1 aromatic heterocycles. The summed E-state index contributed by atoms with van der Waals surface area (Å²) < 4.78 is 5.95. The number of urea groups is 1. The summed E-state index contributed by atoms with van der Waals surface area (Å²) in [4.78, 5) is 16.5.